The second-order valence-electron chi connectivity index (χ2n) is 10.8. The van der Waals surface area contributed by atoms with E-state index >= 15 is 0 Å². The zero-order valence-electron chi connectivity index (χ0n) is 23.0. The summed E-state index contributed by atoms with van der Waals surface area (Å²) in [5.41, 5.74) is 2.24. The number of piperazine rings is 1. The number of anilines is 5. The molecule has 0 radical (unpaired) electrons. The molecule has 1 fully saturated rings. The van der Waals surface area contributed by atoms with Crippen LogP contribution < -0.4 is 20.0 Å². The average molecular weight is 563 g/mol. The lowest BCUT2D eigenvalue weighted by molar-refractivity contribution is 0.0954. The highest BCUT2D eigenvalue weighted by Gasteiger charge is 2.41. The third-order valence-corrected chi connectivity index (χ3v) is 8.01. The summed E-state index contributed by atoms with van der Waals surface area (Å²) >= 11 is 6.30. The third kappa shape index (κ3) is 4.54. The number of benzene rings is 2. The lowest BCUT2D eigenvalue weighted by atomic mass is 10.0. The van der Waals surface area contributed by atoms with Crippen molar-refractivity contribution in [3.05, 3.63) is 65.1 Å². The van der Waals surface area contributed by atoms with Crippen LogP contribution in [0.1, 0.15) is 38.1 Å². The van der Waals surface area contributed by atoms with Crippen molar-refractivity contribution in [2.75, 3.05) is 46.2 Å². The average Bonchev–Trinajstić information content (AvgIpc) is 3.40. The fourth-order valence-electron chi connectivity index (χ4n) is 6.18. The zero-order valence-corrected chi connectivity index (χ0v) is 23.7. The Morgan fingerprint density at radius 3 is 2.48 bits per heavy atom. The summed E-state index contributed by atoms with van der Waals surface area (Å²) in [4.78, 5) is 35.1. The molecule has 1 aromatic heterocycles. The number of nitrogens with one attached hydrogen (secondary N) is 1. The van der Waals surface area contributed by atoms with Crippen molar-refractivity contribution < 1.29 is 9.18 Å². The van der Waals surface area contributed by atoms with Gasteiger partial charge < -0.3 is 10.2 Å². The van der Waals surface area contributed by atoms with E-state index in [1.54, 1.807) is 11.0 Å². The SMILES string of the molecule is CC(C)N1C(C)CN(c2ccc(Nc3ncc4c(n3)N3CCN=C3N(c3c(F)cccc3Cl)C4=O)cc2)C[C@@H]1C. The summed E-state index contributed by atoms with van der Waals surface area (Å²) in [5.74, 6) is 0.0170. The van der Waals surface area contributed by atoms with Crippen molar-refractivity contribution in [3.63, 3.8) is 0 Å². The summed E-state index contributed by atoms with van der Waals surface area (Å²) < 4.78 is 14.8. The number of aliphatic imine (C=N–C) groups is 1. The normalized spacial score (nSPS) is 21.0. The van der Waals surface area contributed by atoms with E-state index < -0.39 is 11.7 Å². The number of carbonyl (C=O) groups is 1. The number of aromatic nitrogens is 2. The number of guanidine groups is 1. The fourth-order valence-corrected chi connectivity index (χ4v) is 6.43. The molecule has 40 heavy (non-hydrogen) atoms. The van der Waals surface area contributed by atoms with Gasteiger partial charge in [0.05, 0.1) is 11.6 Å². The molecule has 6 rings (SSSR count). The molecule has 1 N–H and O–H groups in total. The summed E-state index contributed by atoms with van der Waals surface area (Å²) in [6.07, 6.45) is 1.47. The standard InChI is InChI=1S/C29H32ClFN8O/c1-17(2)38-18(3)15-36(16-19(38)4)21-10-8-20(9-11-21)34-28-33-14-22-26(35-28)37-13-12-32-29(37)39(27(22)40)25-23(30)6-5-7-24(25)31/h5-11,14,17-19H,12-13,15-16H2,1-4H3,(H,33,34,35)/t18-,19?/m0/s1. The fraction of sp³-hybridized carbons (Fsp3) is 0.379. The molecular weight excluding hydrogens is 531 g/mol. The van der Waals surface area contributed by atoms with Crippen molar-refractivity contribution >= 4 is 52.3 Å². The van der Waals surface area contributed by atoms with E-state index in [-0.39, 0.29) is 16.3 Å². The lowest BCUT2D eigenvalue weighted by Gasteiger charge is -2.47. The summed E-state index contributed by atoms with van der Waals surface area (Å²) in [5, 5.41) is 3.38. The van der Waals surface area contributed by atoms with Gasteiger partial charge in [-0.25, -0.2) is 14.3 Å². The van der Waals surface area contributed by atoms with Crippen LogP contribution in [-0.4, -0.2) is 71.0 Å². The molecule has 1 unspecified atom stereocenters. The molecule has 0 bridgehead atoms. The Hall–Kier alpha value is -3.76. The molecule has 2 aromatic carbocycles. The largest absolute Gasteiger partial charge is 0.368 e. The Morgan fingerprint density at radius 1 is 1.07 bits per heavy atom. The van der Waals surface area contributed by atoms with Crippen LogP contribution in [0.5, 0.6) is 0 Å². The van der Waals surface area contributed by atoms with Gasteiger partial charge in [0.1, 0.15) is 17.1 Å². The summed E-state index contributed by atoms with van der Waals surface area (Å²) in [6, 6.07) is 14.0. The molecule has 208 valence electrons. The molecule has 1 saturated heterocycles. The number of halogens is 2. The van der Waals surface area contributed by atoms with Gasteiger partial charge in [-0.3, -0.25) is 19.6 Å². The number of hydrogen-bond donors (Lipinski definition) is 1. The van der Waals surface area contributed by atoms with Crippen LogP contribution in [0.2, 0.25) is 5.02 Å². The van der Waals surface area contributed by atoms with Gasteiger partial charge in [0, 0.05) is 55.3 Å². The number of carbonyl (C=O) groups excluding carboxylic acids is 1. The van der Waals surface area contributed by atoms with Gasteiger partial charge in [0.2, 0.25) is 11.9 Å². The molecule has 2 atom stereocenters. The quantitative estimate of drug-likeness (QED) is 0.460. The van der Waals surface area contributed by atoms with E-state index in [0.29, 0.717) is 48.9 Å². The van der Waals surface area contributed by atoms with Crippen LogP contribution >= 0.6 is 11.6 Å². The van der Waals surface area contributed by atoms with Gasteiger partial charge in [-0.15, -0.1) is 0 Å². The maximum atomic E-state index is 14.8. The van der Waals surface area contributed by atoms with E-state index in [1.165, 1.54) is 28.9 Å². The zero-order chi connectivity index (χ0) is 28.1. The Balaban J connectivity index is 1.22. The molecule has 3 aromatic rings. The molecule has 3 aliphatic heterocycles. The molecule has 0 spiro atoms. The van der Waals surface area contributed by atoms with Crippen LogP contribution in [0.15, 0.2) is 53.7 Å². The predicted octanol–water partition coefficient (Wildman–Crippen LogP) is 5.16. The van der Waals surface area contributed by atoms with Gasteiger partial charge in [-0.1, -0.05) is 17.7 Å². The molecular formula is C29H32ClFN8O. The summed E-state index contributed by atoms with van der Waals surface area (Å²) in [6.45, 7) is 12.0. The monoisotopic (exact) mass is 562 g/mol. The molecule has 4 heterocycles. The molecule has 3 aliphatic rings. The van der Waals surface area contributed by atoms with Gasteiger partial charge in [-0.05, 0) is 64.1 Å². The van der Waals surface area contributed by atoms with Crippen LogP contribution in [0.3, 0.4) is 0 Å². The van der Waals surface area contributed by atoms with Gasteiger partial charge in [0.15, 0.2) is 5.82 Å². The highest BCUT2D eigenvalue weighted by Crippen LogP contribution is 2.37. The number of rotatable bonds is 5. The maximum absolute atomic E-state index is 14.8. The summed E-state index contributed by atoms with van der Waals surface area (Å²) in [7, 11) is 0. The van der Waals surface area contributed by atoms with Crippen LogP contribution in [0, 0.1) is 5.82 Å². The van der Waals surface area contributed by atoms with E-state index in [1.807, 2.05) is 12.1 Å². The van der Waals surface area contributed by atoms with Crippen LogP contribution in [0.4, 0.5) is 33.2 Å². The Morgan fingerprint density at radius 2 is 1.80 bits per heavy atom. The van der Waals surface area contributed by atoms with Crippen molar-refractivity contribution in [2.45, 2.75) is 45.8 Å². The van der Waals surface area contributed by atoms with Crippen molar-refractivity contribution in [2.24, 2.45) is 4.99 Å². The smallest absolute Gasteiger partial charge is 0.270 e. The van der Waals surface area contributed by atoms with Crippen LogP contribution in [-0.2, 0) is 0 Å². The highest BCUT2D eigenvalue weighted by molar-refractivity contribution is 6.38. The van der Waals surface area contributed by atoms with Crippen molar-refractivity contribution in [1.82, 2.24) is 14.9 Å². The molecule has 9 nitrogen and oxygen atoms in total. The number of amides is 1. The van der Waals surface area contributed by atoms with E-state index in [2.05, 4.69) is 69.9 Å². The molecule has 0 saturated carbocycles. The number of nitrogens with zero attached hydrogens (tertiary/aromatic N) is 7. The first-order valence-electron chi connectivity index (χ1n) is 13.6. The second kappa shape index (κ2) is 10.3. The minimum absolute atomic E-state index is 0.0258. The number of hydrogen-bond acceptors (Lipinski definition) is 8. The first-order chi connectivity index (χ1) is 19.2. The second-order valence-corrected chi connectivity index (χ2v) is 11.2. The van der Waals surface area contributed by atoms with Crippen molar-refractivity contribution in [1.29, 1.82) is 0 Å². The molecule has 11 heteroatoms. The lowest BCUT2D eigenvalue weighted by Crippen LogP contribution is -2.58. The van der Waals surface area contributed by atoms with E-state index in [0.717, 1.165) is 18.8 Å². The highest BCUT2D eigenvalue weighted by atomic mass is 35.5. The minimum atomic E-state index is -0.604. The van der Waals surface area contributed by atoms with Crippen molar-refractivity contribution in [3.8, 4) is 0 Å². The number of para-hydroxylation sites is 1. The predicted molar refractivity (Wildman–Crippen MR) is 158 cm³/mol. The first-order valence-corrected chi connectivity index (χ1v) is 14.0. The topological polar surface area (TPSA) is 80.2 Å². The number of fused-ring (bicyclic) bond motifs is 3. The van der Waals surface area contributed by atoms with Gasteiger partial charge in [0.25, 0.3) is 5.91 Å². The molecule has 1 amide bonds. The minimum Gasteiger partial charge on any atom is -0.368 e. The van der Waals surface area contributed by atoms with E-state index in [9.17, 15) is 9.18 Å². The van der Waals surface area contributed by atoms with Crippen LogP contribution in [0.25, 0.3) is 0 Å². The Bertz CT molecular complexity index is 1450. The first kappa shape index (κ1) is 26.5. The Labute approximate surface area is 238 Å². The Kier molecular flexibility index (Phi) is 6.83. The maximum Gasteiger partial charge on any atom is 0.270 e. The van der Waals surface area contributed by atoms with Gasteiger partial charge in [-0.2, -0.15) is 4.98 Å². The van der Waals surface area contributed by atoms with E-state index in [4.69, 9.17) is 11.6 Å². The van der Waals surface area contributed by atoms with Gasteiger partial charge >= 0.3 is 0 Å². The third-order valence-electron chi connectivity index (χ3n) is 7.71. The molecule has 0 aliphatic carbocycles.